The topological polar surface area (TPSA) is 83.0 Å². The predicted molar refractivity (Wildman–Crippen MR) is 84.7 cm³/mol. The summed E-state index contributed by atoms with van der Waals surface area (Å²) in [6.07, 6.45) is 0. The van der Waals surface area contributed by atoms with Gasteiger partial charge in [0, 0.05) is 5.69 Å². The molecule has 0 aliphatic heterocycles. The lowest BCUT2D eigenvalue weighted by Gasteiger charge is -2.20. The maximum absolute atomic E-state index is 12.6. The van der Waals surface area contributed by atoms with Gasteiger partial charge in [0.05, 0.1) is 13.7 Å². The van der Waals surface area contributed by atoms with Gasteiger partial charge in [-0.3, -0.25) is 9.69 Å². The largest absolute Gasteiger partial charge is 0.463 e. The number of carbonyl (C=O) groups is 2. The minimum atomic E-state index is -0.994. The summed E-state index contributed by atoms with van der Waals surface area (Å²) in [6.45, 7) is 0.222. The lowest BCUT2D eigenvalue weighted by atomic mass is 10.1. The molecule has 6 nitrogen and oxygen atoms in total. The Morgan fingerprint density at radius 2 is 1.61 bits per heavy atom. The zero-order valence-corrected chi connectivity index (χ0v) is 12.5. The summed E-state index contributed by atoms with van der Waals surface area (Å²) in [6, 6.07) is 18.1. The zero-order chi connectivity index (χ0) is 16.7. The number of nitrogens with zero attached hydrogens (tertiary/aromatic N) is 3. The molecular formula is C17H15N3O3. The Labute approximate surface area is 133 Å². The summed E-state index contributed by atoms with van der Waals surface area (Å²) in [5, 5.41) is 0. The third-order valence-corrected chi connectivity index (χ3v) is 3.18. The molecule has 0 radical (unpaired) electrons. The first-order chi connectivity index (χ1) is 11.2. The van der Waals surface area contributed by atoms with E-state index in [1.54, 1.807) is 24.3 Å². The maximum Gasteiger partial charge on any atom is 0.463 e. The Morgan fingerprint density at radius 1 is 1.04 bits per heavy atom. The van der Waals surface area contributed by atoms with E-state index in [9.17, 15) is 9.59 Å². The van der Waals surface area contributed by atoms with E-state index in [0.29, 0.717) is 5.69 Å². The molecule has 2 aromatic rings. The Hall–Kier alpha value is -3.24. The van der Waals surface area contributed by atoms with E-state index >= 15 is 0 Å². The molecular weight excluding hydrogens is 294 g/mol. The summed E-state index contributed by atoms with van der Waals surface area (Å²) in [7, 11) is 1.12. The molecule has 0 unspecified atom stereocenters. The Bertz CT molecular complexity index is 738. The smallest absolute Gasteiger partial charge is 0.460 e. The minimum absolute atomic E-state index is 0.222. The normalized spacial score (nSPS) is 9.61. The van der Waals surface area contributed by atoms with Crippen LogP contribution >= 0.6 is 0 Å². The van der Waals surface area contributed by atoms with E-state index in [4.69, 9.17) is 5.53 Å². The number of benzene rings is 2. The van der Waals surface area contributed by atoms with Crippen LogP contribution in [-0.4, -0.2) is 29.5 Å². The van der Waals surface area contributed by atoms with Crippen molar-refractivity contribution in [2.75, 3.05) is 12.0 Å². The summed E-state index contributed by atoms with van der Waals surface area (Å²) in [5.74, 6) is -1.74. The molecule has 0 bridgehead atoms. The fourth-order valence-corrected chi connectivity index (χ4v) is 2.05. The standard InChI is InChI=1S/C17H15N3O3/c1-23-17(22)15(19-18)16(21)20(14-10-6-3-7-11-14)12-13-8-4-2-5-9-13/h2-11H,12H2,1H3. The lowest BCUT2D eigenvalue weighted by Crippen LogP contribution is -2.40. The van der Waals surface area contributed by atoms with Crippen molar-refractivity contribution in [3.63, 3.8) is 0 Å². The van der Waals surface area contributed by atoms with Crippen molar-refractivity contribution in [3.8, 4) is 0 Å². The minimum Gasteiger partial charge on any atom is -0.460 e. The zero-order valence-electron chi connectivity index (χ0n) is 12.5. The number of hydrogen-bond donors (Lipinski definition) is 0. The number of methoxy groups -OCH3 is 1. The molecule has 2 aromatic carbocycles. The van der Waals surface area contributed by atoms with Gasteiger partial charge < -0.3 is 10.3 Å². The van der Waals surface area contributed by atoms with E-state index in [1.165, 1.54) is 4.90 Å². The van der Waals surface area contributed by atoms with E-state index in [-0.39, 0.29) is 6.54 Å². The first-order valence-corrected chi connectivity index (χ1v) is 6.88. The first kappa shape index (κ1) is 16.1. The SMILES string of the molecule is COC(=O)C(=[N+]=[N-])C(=O)N(Cc1ccccc1)c1ccccc1. The number of esters is 1. The average Bonchev–Trinajstić information content (AvgIpc) is 2.61. The molecule has 0 saturated heterocycles. The van der Waals surface area contributed by atoms with Crippen LogP contribution in [0.1, 0.15) is 5.56 Å². The van der Waals surface area contributed by atoms with Gasteiger partial charge in [0.15, 0.2) is 0 Å². The molecule has 0 atom stereocenters. The number of ether oxygens (including phenoxy) is 1. The van der Waals surface area contributed by atoms with E-state index in [1.807, 2.05) is 36.4 Å². The van der Waals surface area contributed by atoms with Gasteiger partial charge in [0.1, 0.15) is 0 Å². The molecule has 0 spiro atoms. The molecule has 0 aliphatic carbocycles. The van der Waals surface area contributed by atoms with Crippen LogP contribution in [0.4, 0.5) is 5.69 Å². The lowest BCUT2D eigenvalue weighted by molar-refractivity contribution is -0.139. The second-order valence-corrected chi connectivity index (χ2v) is 4.65. The summed E-state index contributed by atoms with van der Waals surface area (Å²) < 4.78 is 4.48. The fourth-order valence-electron chi connectivity index (χ4n) is 2.05. The van der Waals surface area contributed by atoms with Gasteiger partial charge in [-0.15, -0.1) is 0 Å². The van der Waals surface area contributed by atoms with Gasteiger partial charge in [-0.05, 0) is 17.7 Å². The number of hydrogen-bond acceptors (Lipinski definition) is 3. The van der Waals surface area contributed by atoms with Crippen molar-refractivity contribution in [2.24, 2.45) is 0 Å². The summed E-state index contributed by atoms with van der Waals surface area (Å²) >= 11 is 0. The Balaban J connectivity index is 2.39. The van der Waals surface area contributed by atoms with Gasteiger partial charge in [0.2, 0.25) is 0 Å². The van der Waals surface area contributed by atoms with Gasteiger partial charge in [-0.2, -0.15) is 4.79 Å². The second-order valence-electron chi connectivity index (χ2n) is 4.65. The van der Waals surface area contributed by atoms with Crippen LogP contribution in [-0.2, 0) is 20.9 Å². The van der Waals surface area contributed by atoms with Crippen LogP contribution in [0.15, 0.2) is 60.7 Å². The highest BCUT2D eigenvalue weighted by Gasteiger charge is 2.35. The summed E-state index contributed by atoms with van der Waals surface area (Å²) in [4.78, 5) is 28.4. The van der Waals surface area contributed by atoms with E-state index in [2.05, 4.69) is 9.53 Å². The Kier molecular flexibility index (Phi) is 5.39. The molecule has 0 fully saturated rings. The highest BCUT2D eigenvalue weighted by Crippen LogP contribution is 2.17. The monoisotopic (exact) mass is 309 g/mol. The van der Waals surface area contributed by atoms with Gasteiger partial charge >= 0.3 is 17.6 Å². The van der Waals surface area contributed by atoms with E-state index in [0.717, 1.165) is 12.7 Å². The molecule has 0 heterocycles. The van der Waals surface area contributed by atoms with Crippen LogP contribution < -0.4 is 4.90 Å². The third-order valence-electron chi connectivity index (χ3n) is 3.18. The molecule has 1 amide bonds. The van der Waals surface area contributed by atoms with Crippen molar-refractivity contribution >= 4 is 23.3 Å². The maximum atomic E-state index is 12.6. The van der Waals surface area contributed by atoms with Crippen molar-refractivity contribution in [1.82, 2.24) is 0 Å². The molecule has 6 heteroatoms. The van der Waals surface area contributed by atoms with Gasteiger partial charge in [-0.25, -0.2) is 4.79 Å². The van der Waals surface area contributed by atoms with Crippen LogP contribution in [0.2, 0.25) is 0 Å². The third kappa shape index (κ3) is 3.90. The first-order valence-electron chi connectivity index (χ1n) is 6.88. The van der Waals surface area contributed by atoms with Gasteiger partial charge in [-0.1, -0.05) is 48.5 Å². The molecule has 0 N–H and O–H groups in total. The van der Waals surface area contributed by atoms with E-state index < -0.39 is 17.6 Å². The number of carbonyl (C=O) groups excluding carboxylic acids is 2. The number of amides is 1. The molecule has 0 aromatic heterocycles. The molecule has 0 saturated carbocycles. The summed E-state index contributed by atoms with van der Waals surface area (Å²) in [5.41, 5.74) is 9.77. The van der Waals surface area contributed by atoms with Gasteiger partial charge in [0.25, 0.3) is 0 Å². The molecule has 2 rings (SSSR count). The average molecular weight is 309 g/mol. The number of anilines is 1. The van der Waals surface area contributed by atoms with Crippen molar-refractivity contribution < 1.29 is 19.1 Å². The van der Waals surface area contributed by atoms with Crippen LogP contribution in [0.5, 0.6) is 0 Å². The Morgan fingerprint density at radius 3 is 2.13 bits per heavy atom. The van der Waals surface area contributed by atoms with Crippen LogP contribution in [0.25, 0.3) is 5.53 Å². The predicted octanol–water partition coefficient (Wildman–Crippen LogP) is 2.06. The number of rotatable bonds is 5. The molecule has 116 valence electrons. The van der Waals surface area contributed by atoms with Crippen molar-refractivity contribution in [3.05, 3.63) is 71.8 Å². The van der Waals surface area contributed by atoms with Crippen molar-refractivity contribution in [2.45, 2.75) is 6.54 Å². The highest BCUT2D eigenvalue weighted by atomic mass is 16.5. The number of para-hydroxylation sites is 1. The van der Waals surface area contributed by atoms with Crippen LogP contribution in [0.3, 0.4) is 0 Å². The van der Waals surface area contributed by atoms with Crippen LogP contribution in [0, 0.1) is 0 Å². The fraction of sp³-hybridized carbons (Fsp3) is 0.118. The molecule has 23 heavy (non-hydrogen) atoms. The highest BCUT2D eigenvalue weighted by molar-refractivity contribution is 6.64. The molecule has 0 aliphatic rings. The quantitative estimate of drug-likeness (QED) is 0.279. The van der Waals surface area contributed by atoms with Crippen molar-refractivity contribution in [1.29, 1.82) is 0 Å². The second kappa shape index (κ2) is 7.68.